The number of hydrogen-bond acceptors (Lipinski definition) is 10. The summed E-state index contributed by atoms with van der Waals surface area (Å²) in [4.78, 5) is 24.3. The summed E-state index contributed by atoms with van der Waals surface area (Å²) in [5, 5.41) is 48.2. The van der Waals surface area contributed by atoms with Crippen molar-refractivity contribution >= 4 is 17.1 Å². The van der Waals surface area contributed by atoms with Gasteiger partial charge in [0.25, 0.3) is 5.69 Å². The lowest BCUT2D eigenvalue weighted by Gasteiger charge is -2.46. The zero-order valence-electron chi connectivity index (χ0n) is 20.4. The Labute approximate surface area is 218 Å². The predicted octanol–water partition coefficient (Wildman–Crippen LogP) is 3.73. The average Bonchev–Trinajstić information content (AvgIpc) is 3.26. The Morgan fingerprint density at radius 1 is 0.921 bits per heavy atom. The van der Waals surface area contributed by atoms with E-state index in [1.165, 1.54) is 17.1 Å². The number of aromatic hydroxyl groups is 1. The first-order chi connectivity index (χ1) is 18.3. The van der Waals surface area contributed by atoms with Crippen LogP contribution in [0.25, 0.3) is 0 Å². The maximum atomic E-state index is 12.1. The number of nitro groups is 2. The second kappa shape index (κ2) is 10.7. The lowest BCUT2D eigenvalue weighted by Crippen LogP contribution is -2.52. The van der Waals surface area contributed by atoms with Crippen molar-refractivity contribution < 1.29 is 24.8 Å². The third-order valence-corrected chi connectivity index (χ3v) is 6.92. The molecule has 2 heterocycles. The number of morpholine rings is 1. The molecule has 2 N–H and O–H groups in total. The number of phenols is 1. The Kier molecular flexibility index (Phi) is 7.20. The van der Waals surface area contributed by atoms with Crippen LogP contribution in [0.15, 0.2) is 72.8 Å². The second-order valence-corrected chi connectivity index (χ2v) is 9.17. The van der Waals surface area contributed by atoms with Gasteiger partial charge in [0.1, 0.15) is 23.8 Å². The molecule has 12 nitrogen and oxygen atoms in total. The number of nitrogens with zero attached hydrogens (tertiary/aromatic N) is 5. The van der Waals surface area contributed by atoms with E-state index in [1.807, 2.05) is 35.3 Å². The van der Waals surface area contributed by atoms with Crippen LogP contribution in [0, 0.1) is 20.2 Å². The van der Waals surface area contributed by atoms with E-state index in [9.17, 15) is 30.4 Å². The summed E-state index contributed by atoms with van der Waals surface area (Å²) in [6.07, 6.45) is -1.42. The molecule has 2 aliphatic rings. The Balaban J connectivity index is 1.70. The smallest absolute Gasteiger partial charge is 0.300 e. The van der Waals surface area contributed by atoms with Crippen LogP contribution >= 0.6 is 0 Å². The molecule has 2 fully saturated rings. The van der Waals surface area contributed by atoms with Gasteiger partial charge in [-0.1, -0.05) is 42.5 Å². The summed E-state index contributed by atoms with van der Waals surface area (Å²) in [6.45, 7) is 2.10. The summed E-state index contributed by atoms with van der Waals surface area (Å²) in [7, 11) is 0. The zero-order chi connectivity index (χ0) is 26.8. The molecule has 2 saturated heterocycles. The van der Waals surface area contributed by atoms with Crippen LogP contribution < -0.4 is 5.01 Å². The molecule has 0 saturated carbocycles. The van der Waals surface area contributed by atoms with Crippen LogP contribution in [0.3, 0.4) is 0 Å². The Hall–Kier alpha value is -4.10. The lowest BCUT2D eigenvalue weighted by atomic mass is 10.0. The van der Waals surface area contributed by atoms with Crippen LogP contribution in [0.4, 0.5) is 17.1 Å². The Bertz CT molecular complexity index is 1300. The highest BCUT2D eigenvalue weighted by atomic mass is 16.6. The minimum absolute atomic E-state index is 0.0450. The van der Waals surface area contributed by atoms with Crippen molar-refractivity contribution in [3.63, 3.8) is 0 Å². The molecule has 0 aromatic heterocycles. The van der Waals surface area contributed by atoms with Gasteiger partial charge in [0.15, 0.2) is 0 Å². The van der Waals surface area contributed by atoms with Crippen molar-refractivity contribution in [2.45, 2.75) is 24.9 Å². The fourth-order valence-corrected chi connectivity index (χ4v) is 5.21. The number of rotatable bonds is 7. The molecule has 0 amide bonds. The van der Waals surface area contributed by atoms with Gasteiger partial charge in [-0.25, -0.2) is 0 Å². The molecule has 2 aliphatic heterocycles. The van der Waals surface area contributed by atoms with Gasteiger partial charge < -0.3 is 14.9 Å². The fourth-order valence-electron chi connectivity index (χ4n) is 5.21. The van der Waals surface area contributed by atoms with Crippen molar-refractivity contribution in [2.24, 2.45) is 0 Å². The number of hydrogen-bond donors (Lipinski definition) is 2. The standard InChI is InChI=1S/C26H27N5O7/c32-21-9-6-19(7-10-21)26(27-12-14-38-15-13-27)29-23(18-4-2-1-3-5-18)17-25(33)28(29)22-11-8-20(30(34)35)16-24(22)31(36)37/h1-11,16,23,25-26,32-33H,12-15,17H2. The summed E-state index contributed by atoms with van der Waals surface area (Å²) in [5.74, 6) is 0.0957. The number of ether oxygens (including phenoxy) is 1. The van der Waals surface area contributed by atoms with E-state index in [-0.39, 0.29) is 23.9 Å². The first-order valence-corrected chi connectivity index (χ1v) is 12.2. The molecule has 5 rings (SSSR count). The van der Waals surface area contributed by atoms with Gasteiger partial charge in [0.05, 0.1) is 35.2 Å². The summed E-state index contributed by atoms with van der Waals surface area (Å²) in [5.41, 5.74) is 0.848. The third kappa shape index (κ3) is 4.89. The number of phenolic OH excluding ortho intramolecular Hbond substituents is 1. The molecule has 3 atom stereocenters. The number of hydrazine groups is 1. The van der Waals surface area contributed by atoms with Gasteiger partial charge in [0.2, 0.25) is 0 Å². The van der Waals surface area contributed by atoms with Crippen LogP contribution in [-0.4, -0.2) is 62.5 Å². The Morgan fingerprint density at radius 2 is 1.61 bits per heavy atom. The molecule has 0 bridgehead atoms. The molecular weight excluding hydrogens is 494 g/mol. The monoisotopic (exact) mass is 521 g/mol. The first-order valence-electron chi connectivity index (χ1n) is 12.2. The zero-order valence-corrected chi connectivity index (χ0v) is 20.4. The molecule has 12 heteroatoms. The summed E-state index contributed by atoms with van der Waals surface area (Å²) < 4.78 is 5.58. The van der Waals surface area contributed by atoms with E-state index in [1.54, 1.807) is 24.3 Å². The highest BCUT2D eigenvalue weighted by molar-refractivity contribution is 5.67. The number of anilines is 1. The second-order valence-electron chi connectivity index (χ2n) is 9.17. The van der Waals surface area contributed by atoms with Gasteiger partial charge in [-0.15, -0.1) is 0 Å². The number of nitro benzene ring substituents is 2. The van der Waals surface area contributed by atoms with Crippen molar-refractivity contribution in [2.75, 3.05) is 31.3 Å². The largest absolute Gasteiger partial charge is 0.508 e. The Morgan fingerprint density at radius 3 is 2.24 bits per heavy atom. The molecule has 3 aromatic rings. The number of aliphatic hydroxyl groups is 1. The molecule has 3 aromatic carbocycles. The summed E-state index contributed by atoms with van der Waals surface area (Å²) >= 11 is 0. The molecule has 0 aliphatic carbocycles. The number of benzene rings is 3. The molecule has 0 spiro atoms. The SMILES string of the molecule is O=[N+]([O-])c1ccc(N2C(O)CC(c3ccccc3)N2C(c2ccc(O)cc2)N2CCOCC2)c([N+](=O)[O-])c1. The highest BCUT2D eigenvalue weighted by Crippen LogP contribution is 2.48. The van der Waals surface area contributed by atoms with Crippen LogP contribution in [-0.2, 0) is 4.74 Å². The van der Waals surface area contributed by atoms with Crippen LogP contribution in [0.2, 0.25) is 0 Å². The minimum Gasteiger partial charge on any atom is -0.508 e. The normalized spacial score (nSPS) is 21.3. The predicted molar refractivity (Wildman–Crippen MR) is 137 cm³/mol. The number of non-ortho nitro benzene ring substituents is 1. The van der Waals surface area contributed by atoms with E-state index >= 15 is 0 Å². The number of aliphatic hydroxyl groups excluding tert-OH is 1. The minimum atomic E-state index is -1.15. The van der Waals surface area contributed by atoms with E-state index in [0.717, 1.165) is 17.2 Å². The highest BCUT2D eigenvalue weighted by Gasteiger charge is 2.47. The average molecular weight is 522 g/mol. The van der Waals surface area contributed by atoms with Gasteiger partial charge in [-0.3, -0.25) is 30.1 Å². The third-order valence-electron chi connectivity index (χ3n) is 6.92. The topological polar surface area (TPSA) is 146 Å². The first kappa shape index (κ1) is 25.5. The van der Waals surface area contributed by atoms with Crippen molar-refractivity contribution in [1.29, 1.82) is 0 Å². The molecule has 3 unspecified atom stereocenters. The van der Waals surface area contributed by atoms with E-state index in [0.29, 0.717) is 26.3 Å². The van der Waals surface area contributed by atoms with E-state index < -0.39 is 33.6 Å². The van der Waals surface area contributed by atoms with E-state index in [2.05, 4.69) is 4.90 Å². The summed E-state index contributed by atoms with van der Waals surface area (Å²) in [6, 6.07) is 19.3. The lowest BCUT2D eigenvalue weighted by molar-refractivity contribution is -0.393. The van der Waals surface area contributed by atoms with Crippen molar-refractivity contribution in [1.82, 2.24) is 9.91 Å². The van der Waals surface area contributed by atoms with Gasteiger partial charge in [-0.05, 0) is 29.3 Å². The van der Waals surface area contributed by atoms with Gasteiger partial charge >= 0.3 is 5.69 Å². The van der Waals surface area contributed by atoms with Crippen LogP contribution in [0.5, 0.6) is 5.75 Å². The molecule has 38 heavy (non-hydrogen) atoms. The van der Waals surface area contributed by atoms with Crippen molar-refractivity contribution in [3.8, 4) is 5.75 Å². The van der Waals surface area contributed by atoms with Gasteiger partial charge in [0, 0.05) is 25.6 Å². The van der Waals surface area contributed by atoms with Gasteiger partial charge in [-0.2, -0.15) is 5.01 Å². The maximum absolute atomic E-state index is 12.1. The molecule has 0 radical (unpaired) electrons. The van der Waals surface area contributed by atoms with E-state index in [4.69, 9.17) is 4.74 Å². The van der Waals surface area contributed by atoms with Crippen LogP contribution in [0.1, 0.15) is 29.8 Å². The molecule has 198 valence electrons. The molecular formula is C26H27N5O7. The fraction of sp³-hybridized carbons (Fsp3) is 0.308. The van der Waals surface area contributed by atoms with Crippen molar-refractivity contribution in [3.05, 3.63) is 104 Å². The maximum Gasteiger partial charge on any atom is 0.300 e. The quantitative estimate of drug-likeness (QED) is 0.348.